The van der Waals surface area contributed by atoms with E-state index in [1.165, 1.54) is 23.2 Å². The molecule has 6 nitrogen and oxygen atoms in total. The van der Waals surface area contributed by atoms with Crippen LogP contribution < -0.4 is 5.32 Å². The van der Waals surface area contributed by atoms with Crippen molar-refractivity contribution < 1.29 is 14.6 Å². The predicted molar refractivity (Wildman–Crippen MR) is 129 cm³/mol. The van der Waals surface area contributed by atoms with Crippen LogP contribution >= 0.6 is 22.9 Å². The van der Waals surface area contributed by atoms with E-state index in [0.717, 1.165) is 28.8 Å². The molecule has 1 aliphatic heterocycles. The largest absolute Gasteiger partial charge is 0.393 e. The molecule has 3 heterocycles. The van der Waals surface area contributed by atoms with Gasteiger partial charge in [0.05, 0.1) is 23.2 Å². The van der Waals surface area contributed by atoms with E-state index in [4.69, 9.17) is 16.3 Å². The Hall–Kier alpha value is -2.32. The third-order valence-electron chi connectivity index (χ3n) is 6.46. The number of carbonyl (C=O) groups is 1. The van der Waals surface area contributed by atoms with Gasteiger partial charge in [0.2, 0.25) is 5.78 Å². The number of benzene rings is 1. The van der Waals surface area contributed by atoms with Crippen molar-refractivity contribution in [3.05, 3.63) is 80.7 Å². The van der Waals surface area contributed by atoms with Gasteiger partial charge in [-0.15, -0.1) is 11.3 Å². The third-order valence-corrected chi connectivity index (χ3v) is 7.76. The van der Waals surface area contributed by atoms with Gasteiger partial charge in [0, 0.05) is 22.1 Å². The van der Waals surface area contributed by atoms with Crippen molar-refractivity contribution in [1.82, 2.24) is 9.97 Å². The van der Waals surface area contributed by atoms with E-state index >= 15 is 0 Å². The molecule has 1 aliphatic carbocycles. The highest BCUT2D eigenvalue weighted by molar-refractivity contribution is 7.14. The fourth-order valence-electron chi connectivity index (χ4n) is 4.70. The number of hydrogen-bond donors (Lipinski definition) is 2. The van der Waals surface area contributed by atoms with Crippen molar-refractivity contribution >= 4 is 34.5 Å². The van der Waals surface area contributed by atoms with Crippen molar-refractivity contribution in [2.45, 2.75) is 44.4 Å². The zero-order valence-corrected chi connectivity index (χ0v) is 19.8. The maximum Gasteiger partial charge on any atom is 0.208 e. The lowest BCUT2D eigenvalue weighted by Crippen LogP contribution is -2.20. The molecule has 2 N–H and O–H groups in total. The van der Waals surface area contributed by atoms with Crippen LogP contribution in [0.15, 0.2) is 36.8 Å². The molecule has 1 fully saturated rings. The highest BCUT2D eigenvalue weighted by Crippen LogP contribution is 2.39. The maximum atomic E-state index is 13.5. The molecule has 0 spiro atoms. The number of aliphatic hydroxyl groups is 1. The minimum Gasteiger partial charge on any atom is -0.393 e. The number of ketones is 1. The predicted octanol–water partition coefficient (Wildman–Crippen LogP) is 4.78. The summed E-state index contributed by atoms with van der Waals surface area (Å²) in [5.41, 5.74) is 3.68. The molecule has 4 atom stereocenters. The van der Waals surface area contributed by atoms with E-state index in [-0.39, 0.29) is 23.8 Å². The lowest BCUT2D eigenvalue weighted by atomic mass is 9.93. The van der Waals surface area contributed by atoms with Crippen LogP contribution in [0, 0.1) is 19.8 Å². The second-order valence-corrected chi connectivity index (χ2v) is 10.4. The van der Waals surface area contributed by atoms with Gasteiger partial charge in [-0.05, 0) is 73.9 Å². The average molecular weight is 483 g/mol. The Morgan fingerprint density at radius 2 is 2.15 bits per heavy atom. The Morgan fingerprint density at radius 1 is 1.30 bits per heavy atom. The van der Waals surface area contributed by atoms with Gasteiger partial charge in [-0.1, -0.05) is 17.7 Å². The smallest absolute Gasteiger partial charge is 0.208 e. The van der Waals surface area contributed by atoms with Crippen molar-refractivity contribution in [3.8, 4) is 0 Å². The van der Waals surface area contributed by atoms with Crippen LogP contribution in [0.5, 0.6) is 0 Å². The van der Waals surface area contributed by atoms with Gasteiger partial charge >= 0.3 is 0 Å². The fourth-order valence-corrected chi connectivity index (χ4v) is 5.88. The SMILES string of the molecule is [CH2][C@@H]1C[C@@H](Nc2ncncc2C(=O)c2cc([C@@H]3OCCc4ccc(Cl)cc43)c(C)s2)C[C@@H]1O. The van der Waals surface area contributed by atoms with Crippen LogP contribution in [0.4, 0.5) is 5.82 Å². The summed E-state index contributed by atoms with van der Waals surface area (Å²) in [4.78, 5) is 23.5. The van der Waals surface area contributed by atoms with Gasteiger partial charge < -0.3 is 15.2 Å². The summed E-state index contributed by atoms with van der Waals surface area (Å²) in [6.07, 6.45) is 4.43. The number of fused-ring (bicyclic) bond motifs is 1. The van der Waals surface area contributed by atoms with Gasteiger partial charge in [-0.2, -0.15) is 0 Å². The van der Waals surface area contributed by atoms with E-state index in [1.807, 2.05) is 25.1 Å². The highest BCUT2D eigenvalue weighted by Gasteiger charge is 2.32. The first-order valence-electron chi connectivity index (χ1n) is 11.0. The molecule has 33 heavy (non-hydrogen) atoms. The Balaban J connectivity index is 1.43. The summed E-state index contributed by atoms with van der Waals surface area (Å²) in [6.45, 7) is 6.62. The Morgan fingerprint density at radius 3 is 2.94 bits per heavy atom. The number of anilines is 1. The Labute approximate surface area is 202 Å². The zero-order valence-electron chi connectivity index (χ0n) is 18.3. The number of carbonyl (C=O) groups excluding carboxylic acids is 1. The monoisotopic (exact) mass is 482 g/mol. The molecule has 0 unspecified atom stereocenters. The molecule has 1 radical (unpaired) electrons. The molecule has 1 aromatic carbocycles. The topological polar surface area (TPSA) is 84.3 Å². The number of rotatable bonds is 5. The first kappa shape index (κ1) is 22.5. The first-order valence-corrected chi connectivity index (χ1v) is 12.2. The number of hydrogen-bond acceptors (Lipinski definition) is 7. The van der Waals surface area contributed by atoms with E-state index in [1.54, 1.807) is 6.20 Å². The maximum absolute atomic E-state index is 13.5. The number of halogens is 1. The number of nitrogens with zero attached hydrogens (tertiary/aromatic N) is 2. The van der Waals surface area contributed by atoms with Crippen molar-refractivity contribution in [2.75, 3.05) is 11.9 Å². The molecule has 8 heteroatoms. The van der Waals surface area contributed by atoms with Gasteiger partial charge in [0.15, 0.2) is 0 Å². The molecule has 0 bridgehead atoms. The second-order valence-electron chi connectivity index (χ2n) is 8.72. The molecule has 0 saturated heterocycles. The number of aromatic nitrogens is 2. The first-order chi connectivity index (χ1) is 15.9. The molecule has 3 aromatic rings. The molecular formula is C25H25ClN3O3S. The van der Waals surface area contributed by atoms with Gasteiger partial charge in [-0.3, -0.25) is 4.79 Å². The lowest BCUT2D eigenvalue weighted by Gasteiger charge is -2.26. The van der Waals surface area contributed by atoms with Crippen LogP contribution in [-0.4, -0.2) is 39.6 Å². The second kappa shape index (κ2) is 9.14. The number of ether oxygens (including phenoxy) is 1. The minimum absolute atomic E-state index is 0.0153. The van der Waals surface area contributed by atoms with E-state index in [0.29, 0.717) is 34.3 Å². The van der Waals surface area contributed by atoms with Gasteiger partial charge in [0.25, 0.3) is 0 Å². The summed E-state index contributed by atoms with van der Waals surface area (Å²) in [6, 6.07) is 7.85. The zero-order chi connectivity index (χ0) is 23.1. The molecule has 1 saturated carbocycles. The van der Waals surface area contributed by atoms with E-state index in [9.17, 15) is 9.90 Å². The normalized spacial score (nSPS) is 24.5. The summed E-state index contributed by atoms with van der Waals surface area (Å²) in [5, 5.41) is 14.0. The van der Waals surface area contributed by atoms with Crippen LogP contribution in [0.2, 0.25) is 5.02 Å². The summed E-state index contributed by atoms with van der Waals surface area (Å²) in [7, 11) is 0. The molecular weight excluding hydrogens is 458 g/mol. The third kappa shape index (κ3) is 4.43. The van der Waals surface area contributed by atoms with Crippen molar-refractivity contribution in [2.24, 2.45) is 5.92 Å². The molecule has 0 amide bonds. The number of thiophene rings is 1. The van der Waals surface area contributed by atoms with Gasteiger partial charge in [-0.25, -0.2) is 9.97 Å². The van der Waals surface area contributed by atoms with Crippen LogP contribution in [0.1, 0.15) is 55.7 Å². The standard InChI is InChI=1S/C25H25ClN3O3S/c1-13-7-17(9-21(13)30)29-25-20(11-27-12-28-25)23(31)22-10-18(14(2)33-22)24-19-8-16(26)4-3-15(19)5-6-32-24/h3-4,8,10-13,17,21,24,30H,1,5-7,9H2,2H3,(H,27,28,29)/t13-,17-,21+,24+/m1/s1. The molecule has 2 aromatic heterocycles. The van der Waals surface area contributed by atoms with Gasteiger partial charge in [0.1, 0.15) is 18.2 Å². The minimum atomic E-state index is -0.446. The number of aliphatic hydroxyl groups excluding tert-OH is 1. The Kier molecular flexibility index (Phi) is 6.22. The summed E-state index contributed by atoms with van der Waals surface area (Å²) in [5.74, 6) is 0.321. The summed E-state index contributed by atoms with van der Waals surface area (Å²) >= 11 is 7.71. The van der Waals surface area contributed by atoms with Crippen LogP contribution in [0.25, 0.3) is 0 Å². The summed E-state index contributed by atoms with van der Waals surface area (Å²) < 4.78 is 6.13. The van der Waals surface area contributed by atoms with Crippen LogP contribution in [-0.2, 0) is 11.2 Å². The molecule has 5 rings (SSSR count). The van der Waals surface area contributed by atoms with Crippen molar-refractivity contribution in [1.29, 1.82) is 0 Å². The Bertz CT molecular complexity index is 1190. The van der Waals surface area contributed by atoms with Crippen LogP contribution in [0.3, 0.4) is 0 Å². The van der Waals surface area contributed by atoms with Crippen molar-refractivity contribution in [3.63, 3.8) is 0 Å². The molecule has 2 aliphatic rings. The quantitative estimate of drug-likeness (QED) is 0.509. The highest BCUT2D eigenvalue weighted by atomic mass is 35.5. The fraction of sp³-hybridized carbons (Fsp3) is 0.360. The van der Waals surface area contributed by atoms with E-state index < -0.39 is 6.10 Å². The average Bonchev–Trinajstić information content (AvgIpc) is 3.34. The van der Waals surface area contributed by atoms with E-state index in [2.05, 4.69) is 28.3 Å². The number of aryl methyl sites for hydroxylation is 1. The number of nitrogens with one attached hydrogen (secondary N) is 1. The molecule has 171 valence electrons. The lowest BCUT2D eigenvalue weighted by molar-refractivity contribution is 0.0697.